The number of aromatic amines is 1. The topological polar surface area (TPSA) is 46.3 Å². The first kappa shape index (κ1) is 17.9. The fourth-order valence-electron chi connectivity index (χ4n) is 3.87. The molecule has 0 radical (unpaired) electrons. The molecular formula is C23H28N2O2. The number of fused-ring (bicyclic) bond motifs is 3. The van der Waals surface area contributed by atoms with E-state index in [2.05, 4.69) is 61.4 Å². The molecule has 1 atom stereocenters. The lowest BCUT2D eigenvalue weighted by Gasteiger charge is -2.25. The summed E-state index contributed by atoms with van der Waals surface area (Å²) in [4.78, 5) is 3.65. The van der Waals surface area contributed by atoms with Crippen LogP contribution >= 0.6 is 0 Å². The molecule has 2 heterocycles. The predicted octanol–water partition coefficient (Wildman–Crippen LogP) is 4.75. The van der Waals surface area contributed by atoms with Crippen molar-refractivity contribution in [3.05, 3.63) is 58.8 Å². The molecule has 1 aromatic heterocycles. The van der Waals surface area contributed by atoms with Crippen molar-refractivity contribution in [1.29, 1.82) is 0 Å². The van der Waals surface area contributed by atoms with Crippen molar-refractivity contribution in [3.63, 3.8) is 0 Å². The zero-order chi connectivity index (χ0) is 19.0. The number of benzene rings is 2. The number of aryl methyl sites for hydroxylation is 1. The number of nitrogens with one attached hydrogen (secondary N) is 2. The van der Waals surface area contributed by atoms with E-state index in [4.69, 9.17) is 9.47 Å². The van der Waals surface area contributed by atoms with E-state index in [9.17, 15) is 0 Å². The van der Waals surface area contributed by atoms with Crippen molar-refractivity contribution in [2.24, 2.45) is 5.92 Å². The predicted molar refractivity (Wildman–Crippen MR) is 110 cm³/mol. The number of rotatable bonds is 5. The van der Waals surface area contributed by atoms with Gasteiger partial charge in [-0.3, -0.25) is 0 Å². The molecule has 0 spiro atoms. The number of methoxy groups -OCH3 is 1. The summed E-state index contributed by atoms with van der Waals surface area (Å²) in [5, 5.41) is 5.01. The van der Waals surface area contributed by atoms with Gasteiger partial charge in [-0.1, -0.05) is 31.5 Å². The molecule has 4 nitrogen and oxygen atoms in total. The molecule has 1 unspecified atom stereocenters. The monoisotopic (exact) mass is 364 g/mol. The van der Waals surface area contributed by atoms with Crippen molar-refractivity contribution in [2.45, 2.75) is 33.2 Å². The molecule has 2 N–H and O–H groups in total. The molecule has 2 aromatic carbocycles. The SMILES string of the molecule is COc1cc(C2NCCc3c2[nH]c2ccc(C)cc32)ccc1OCC(C)C. The second kappa shape index (κ2) is 7.28. The summed E-state index contributed by atoms with van der Waals surface area (Å²) in [5.41, 5.74) is 6.39. The molecule has 0 fully saturated rings. The zero-order valence-corrected chi connectivity index (χ0v) is 16.6. The molecule has 1 aliphatic heterocycles. The molecule has 0 bridgehead atoms. The highest BCUT2D eigenvalue weighted by Gasteiger charge is 2.26. The zero-order valence-electron chi connectivity index (χ0n) is 16.6. The van der Waals surface area contributed by atoms with Gasteiger partial charge in [-0.05, 0) is 54.7 Å². The van der Waals surface area contributed by atoms with Gasteiger partial charge < -0.3 is 19.8 Å². The minimum absolute atomic E-state index is 0.134. The van der Waals surface area contributed by atoms with E-state index in [0.29, 0.717) is 12.5 Å². The first-order chi connectivity index (χ1) is 13.1. The van der Waals surface area contributed by atoms with Gasteiger partial charge in [0, 0.05) is 23.1 Å². The Balaban J connectivity index is 1.71. The van der Waals surface area contributed by atoms with Crippen LogP contribution in [0.3, 0.4) is 0 Å². The van der Waals surface area contributed by atoms with Crippen molar-refractivity contribution in [3.8, 4) is 11.5 Å². The van der Waals surface area contributed by atoms with Crippen molar-refractivity contribution >= 4 is 10.9 Å². The summed E-state index contributed by atoms with van der Waals surface area (Å²) < 4.78 is 11.5. The number of ether oxygens (including phenoxy) is 2. The molecule has 4 rings (SSSR count). The smallest absolute Gasteiger partial charge is 0.161 e. The van der Waals surface area contributed by atoms with Crippen LogP contribution in [-0.2, 0) is 6.42 Å². The Morgan fingerprint density at radius 3 is 2.74 bits per heavy atom. The second-order valence-electron chi connectivity index (χ2n) is 7.82. The van der Waals surface area contributed by atoms with Crippen LogP contribution in [0.15, 0.2) is 36.4 Å². The fraction of sp³-hybridized carbons (Fsp3) is 0.391. The average Bonchev–Trinajstić information content (AvgIpc) is 3.04. The largest absolute Gasteiger partial charge is 0.493 e. The van der Waals surface area contributed by atoms with Crippen LogP contribution in [-0.4, -0.2) is 25.2 Å². The van der Waals surface area contributed by atoms with E-state index in [-0.39, 0.29) is 6.04 Å². The van der Waals surface area contributed by atoms with Gasteiger partial charge in [0.2, 0.25) is 0 Å². The van der Waals surface area contributed by atoms with Gasteiger partial charge in [0.15, 0.2) is 11.5 Å². The van der Waals surface area contributed by atoms with E-state index < -0.39 is 0 Å². The molecule has 0 aliphatic carbocycles. The lowest BCUT2D eigenvalue weighted by atomic mass is 9.94. The van der Waals surface area contributed by atoms with Crippen LogP contribution in [0.25, 0.3) is 10.9 Å². The quantitative estimate of drug-likeness (QED) is 0.686. The summed E-state index contributed by atoms with van der Waals surface area (Å²) in [6.45, 7) is 8.09. The Morgan fingerprint density at radius 1 is 1.11 bits per heavy atom. The van der Waals surface area contributed by atoms with Crippen LogP contribution in [0.5, 0.6) is 11.5 Å². The number of hydrogen-bond donors (Lipinski definition) is 2. The Kier molecular flexibility index (Phi) is 4.83. The highest BCUT2D eigenvalue weighted by molar-refractivity contribution is 5.86. The van der Waals surface area contributed by atoms with Crippen LogP contribution in [0, 0.1) is 12.8 Å². The minimum Gasteiger partial charge on any atom is -0.493 e. The van der Waals surface area contributed by atoms with Crippen LogP contribution in [0.1, 0.15) is 42.3 Å². The fourth-order valence-corrected chi connectivity index (χ4v) is 3.87. The Labute approximate surface area is 160 Å². The Hall–Kier alpha value is -2.46. The third-order valence-corrected chi connectivity index (χ3v) is 5.20. The summed E-state index contributed by atoms with van der Waals surface area (Å²) in [6.07, 6.45) is 1.04. The first-order valence-corrected chi connectivity index (χ1v) is 9.72. The summed E-state index contributed by atoms with van der Waals surface area (Å²) in [5.74, 6) is 2.07. The third-order valence-electron chi connectivity index (χ3n) is 5.20. The maximum atomic E-state index is 5.91. The molecule has 1 aliphatic rings. The first-order valence-electron chi connectivity index (χ1n) is 9.72. The van der Waals surface area contributed by atoms with Gasteiger partial charge in [-0.2, -0.15) is 0 Å². The summed E-state index contributed by atoms with van der Waals surface area (Å²) in [7, 11) is 1.70. The standard InChI is InChI=1S/C23H28N2O2/c1-14(2)13-27-20-8-6-16(12-21(20)26-4)22-23-17(9-10-24-22)18-11-15(3)5-7-19(18)25-23/h5-8,11-12,14,22,24-25H,9-10,13H2,1-4H3. The molecule has 142 valence electrons. The molecule has 0 saturated heterocycles. The molecular weight excluding hydrogens is 336 g/mol. The highest BCUT2D eigenvalue weighted by atomic mass is 16.5. The molecule has 3 aromatic rings. The Bertz CT molecular complexity index is 958. The van der Waals surface area contributed by atoms with E-state index in [1.54, 1.807) is 7.11 Å². The maximum Gasteiger partial charge on any atom is 0.161 e. The van der Waals surface area contributed by atoms with Gasteiger partial charge in [-0.15, -0.1) is 0 Å². The lowest BCUT2D eigenvalue weighted by molar-refractivity contribution is 0.256. The number of hydrogen-bond acceptors (Lipinski definition) is 3. The van der Waals surface area contributed by atoms with Crippen molar-refractivity contribution < 1.29 is 9.47 Å². The van der Waals surface area contributed by atoms with Crippen molar-refractivity contribution in [2.75, 3.05) is 20.3 Å². The van der Waals surface area contributed by atoms with Gasteiger partial charge in [0.25, 0.3) is 0 Å². The van der Waals surface area contributed by atoms with Gasteiger partial charge in [0.1, 0.15) is 0 Å². The molecule has 0 amide bonds. The average molecular weight is 364 g/mol. The third kappa shape index (κ3) is 3.42. The maximum absolute atomic E-state index is 5.91. The van der Waals surface area contributed by atoms with Gasteiger partial charge in [-0.25, -0.2) is 0 Å². The molecule has 27 heavy (non-hydrogen) atoms. The summed E-state index contributed by atoms with van der Waals surface area (Å²) in [6, 6.07) is 13.0. The summed E-state index contributed by atoms with van der Waals surface area (Å²) >= 11 is 0. The Morgan fingerprint density at radius 2 is 1.96 bits per heavy atom. The van der Waals surface area contributed by atoms with Crippen LogP contribution in [0.4, 0.5) is 0 Å². The van der Waals surface area contributed by atoms with E-state index in [1.165, 1.54) is 33.3 Å². The van der Waals surface area contributed by atoms with Crippen LogP contribution in [0.2, 0.25) is 0 Å². The highest BCUT2D eigenvalue weighted by Crippen LogP contribution is 2.37. The molecule has 0 saturated carbocycles. The van der Waals surface area contributed by atoms with Gasteiger partial charge >= 0.3 is 0 Å². The minimum atomic E-state index is 0.134. The van der Waals surface area contributed by atoms with E-state index >= 15 is 0 Å². The number of H-pyrrole nitrogens is 1. The molecule has 4 heteroatoms. The van der Waals surface area contributed by atoms with Gasteiger partial charge in [0.05, 0.1) is 19.8 Å². The van der Waals surface area contributed by atoms with E-state index in [1.807, 2.05) is 6.07 Å². The normalized spacial score (nSPS) is 16.6. The lowest BCUT2D eigenvalue weighted by Crippen LogP contribution is -2.30. The van der Waals surface area contributed by atoms with E-state index in [0.717, 1.165) is 24.5 Å². The van der Waals surface area contributed by atoms with Crippen molar-refractivity contribution in [1.82, 2.24) is 10.3 Å². The van der Waals surface area contributed by atoms with Crippen LogP contribution < -0.4 is 14.8 Å². The number of aromatic nitrogens is 1. The second-order valence-corrected chi connectivity index (χ2v) is 7.82.